The van der Waals surface area contributed by atoms with Crippen molar-refractivity contribution in [3.8, 4) is 0 Å². The normalized spacial score (nSPS) is 11.6. The molecule has 1 aromatic carbocycles. The molecular weight excluding hydrogens is 295 g/mol. The minimum atomic E-state index is -4.45. The van der Waals surface area contributed by atoms with Crippen LogP contribution in [0.15, 0.2) is 48.8 Å². The third kappa shape index (κ3) is 2.65. The van der Waals surface area contributed by atoms with Crippen LogP contribution in [0.2, 0.25) is 0 Å². The molecule has 2 aromatic heterocycles. The van der Waals surface area contributed by atoms with Crippen molar-refractivity contribution in [1.82, 2.24) is 9.97 Å². The highest BCUT2D eigenvalue weighted by Crippen LogP contribution is 2.29. The summed E-state index contributed by atoms with van der Waals surface area (Å²) in [6, 6.07) is 8.92. The maximum atomic E-state index is 12.5. The number of anilines is 1. The molecule has 2 N–H and O–H groups in total. The molecule has 0 radical (unpaired) electrons. The Morgan fingerprint density at radius 2 is 1.95 bits per heavy atom. The van der Waals surface area contributed by atoms with Gasteiger partial charge in [0.25, 0.3) is 5.91 Å². The third-order valence-electron chi connectivity index (χ3n) is 3.17. The molecule has 0 unspecified atom stereocenters. The predicted octanol–water partition coefficient (Wildman–Crippen LogP) is 3.83. The molecule has 1 amide bonds. The molecule has 0 saturated carbocycles. The first-order valence-electron chi connectivity index (χ1n) is 6.36. The quantitative estimate of drug-likeness (QED) is 0.756. The van der Waals surface area contributed by atoms with Crippen molar-refractivity contribution in [2.24, 2.45) is 0 Å². The van der Waals surface area contributed by atoms with Crippen molar-refractivity contribution in [1.29, 1.82) is 0 Å². The monoisotopic (exact) mass is 305 g/mol. The average Bonchev–Trinajstić information content (AvgIpc) is 2.95. The summed E-state index contributed by atoms with van der Waals surface area (Å²) >= 11 is 0. The lowest BCUT2D eigenvalue weighted by molar-refractivity contribution is -0.137. The molecule has 0 saturated heterocycles. The first-order valence-corrected chi connectivity index (χ1v) is 6.36. The zero-order chi connectivity index (χ0) is 15.7. The molecule has 3 aromatic rings. The maximum Gasteiger partial charge on any atom is 0.417 e. The van der Waals surface area contributed by atoms with Crippen LogP contribution in [-0.4, -0.2) is 15.9 Å². The maximum absolute atomic E-state index is 12.5. The zero-order valence-electron chi connectivity index (χ0n) is 11.1. The van der Waals surface area contributed by atoms with Gasteiger partial charge in [-0.05, 0) is 30.3 Å². The highest BCUT2D eigenvalue weighted by atomic mass is 19.4. The van der Waals surface area contributed by atoms with E-state index in [1.807, 2.05) is 6.07 Å². The van der Waals surface area contributed by atoms with Gasteiger partial charge in [0.05, 0.1) is 5.56 Å². The van der Waals surface area contributed by atoms with Crippen molar-refractivity contribution in [3.05, 3.63) is 59.9 Å². The second kappa shape index (κ2) is 5.18. The molecule has 3 rings (SSSR count). The minimum Gasteiger partial charge on any atom is -0.361 e. The van der Waals surface area contributed by atoms with Gasteiger partial charge in [-0.15, -0.1) is 0 Å². The summed E-state index contributed by atoms with van der Waals surface area (Å²) in [6.45, 7) is 0. The summed E-state index contributed by atoms with van der Waals surface area (Å²) in [5.41, 5.74) is 0.353. The number of H-pyrrole nitrogens is 1. The smallest absolute Gasteiger partial charge is 0.361 e. The first-order chi connectivity index (χ1) is 10.4. The van der Waals surface area contributed by atoms with Gasteiger partial charge in [-0.25, -0.2) is 4.98 Å². The molecule has 0 spiro atoms. The number of pyridine rings is 1. The molecule has 0 bridgehead atoms. The summed E-state index contributed by atoms with van der Waals surface area (Å²) in [5.74, 6) is -0.372. The number of benzene rings is 1. The number of nitrogens with zero attached hydrogens (tertiary/aromatic N) is 1. The van der Waals surface area contributed by atoms with E-state index in [-0.39, 0.29) is 5.82 Å². The Bertz CT molecular complexity index is 822. The van der Waals surface area contributed by atoms with Crippen molar-refractivity contribution >= 4 is 22.6 Å². The van der Waals surface area contributed by atoms with Gasteiger partial charge in [0.15, 0.2) is 0 Å². The van der Waals surface area contributed by atoms with Crippen LogP contribution in [0.5, 0.6) is 0 Å². The van der Waals surface area contributed by atoms with E-state index in [1.54, 1.807) is 24.4 Å². The number of alkyl halides is 3. The second-order valence-electron chi connectivity index (χ2n) is 4.63. The van der Waals surface area contributed by atoms with Crippen molar-refractivity contribution in [2.75, 3.05) is 5.32 Å². The topological polar surface area (TPSA) is 57.8 Å². The number of carbonyl (C=O) groups is 1. The number of amides is 1. The van der Waals surface area contributed by atoms with E-state index < -0.39 is 17.6 Å². The molecule has 112 valence electrons. The summed E-state index contributed by atoms with van der Waals surface area (Å²) in [7, 11) is 0. The predicted molar refractivity (Wildman–Crippen MR) is 75.5 cm³/mol. The Kier molecular flexibility index (Phi) is 3.32. The fraction of sp³-hybridized carbons (Fsp3) is 0.0667. The Balaban J connectivity index is 1.84. The molecule has 0 aliphatic rings. The SMILES string of the molecule is O=C(Nc1ccc(C(F)(F)F)cn1)c1cccc2[nH]ccc12. The number of fused-ring (bicyclic) bond motifs is 1. The molecule has 7 heteroatoms. The average molecular weight is 305 g/mol. The molecule has 4 nitrogen and oxygen atoms in total. The van der Waals surface area contributed by atoms with E-state index in [2.05, 4.69) is 15.3 Å². The van der Waals surface area contributed by atoms with Gasteiger partial charge >= 0.3 is 6.18 Å². The van der Waals surface area contributed by atoms with E-state index in [0.29, 0.717) is 11.8 Å². The van der Waals surface area contributed by atoms with Gasteiger partial charge in [-0.3, -0.25) is 4.79 Å². The van der Waals surface area contributed by atoms with Crippen molar-refractivity contribution in [3.63, 3.8) is 0 Å². The zero-order valence-corrected chi connectivity index (χ0v) is 11.1. The molecule has 0 fully saturated rings. The lowest BCUT2D eigenvalue weighted by atomic mass is 10.1. The highest BCUT2D eigenvalue weighted by molar-refractivity contribution is 6.12. The van der Waals surface area contributed by atoms with Crippen molar-refractivity contribution < 1.29 is 18.0 Å². The van der Waals surface area contributed by atoms with Crippen LogP contribution in [-0.2, 0) is 6.18 Å². The summed E-state index contributed by atoms with van der Waals surface area (Å²) in [6.07, 6.45) is -2.06. The number of hydrogen-bond acceptors (Lipinski definition) is 2. The molecule has 0 aliphatic carbocycles. The van der Waals surface area contributed by atoms with Crippen LogP contribution in [0.1, 0.15) is 15.9 Å². The first kappa shape index (κ1) is 14.1. The molecule has 0 aliphatic heterocycles. The van der Waals surface area contributed by atoms with E-state index >= 15 is 0 Å². The minimum absolute atomic E-state index is 0.0607. The second-order valence-corrected chi connectivity index (χ2v) is 4.63. The van der Waals surface area contributed by atoms with Crippen molar-refractivity contribution in [2.45, 2.75) is 6.18 Å². The summed E-state index contributed by atoms with van der Waals surface area (Å²) < 4.78 is 37.4. The molecule has 2 heterocycles. The van der Waals surface area contributed by atoms with Crippen LogP contribution >= 0.6 is 0 Å². The number of hydrogen-bond donors (Lipinski definition) is 2. The number of halogens is 3. The van der Waals surface area contributed by atoms with Crippen LogP contribution in [0.3, 0.4) is 0 Å². The standard InChI is InChI=1S/C15H10F3N3O/c16-15(17,18)9-4-5-13(20-8-9)21-14(22)11-2-1-3-12-10(11)6-7-19-12/h1-8,19H,(H,20,21,22). The van der Waals surface area contributed by atoms with Gasteiger partial charge in [0.1, 0.15) is 5.82 Å². The van der Waals surface area contributed by atoms with Gasteiger partial charge in [-0.2, -0.15) is 13.2 Å². The van der Waals surface area contributed by atoms with E-state index in [1.165, 1.54) is 0 Å². The molecule has 0 atom stereocenters. The third-order valence-corrected chi connectivity index (χ3v) is 3.17. The number of carbonyl (C=O) groups excluding carboxylic acids is 1. The Labute approximate surface area is 123 Å². The van der Waals surface area contributed by atoms with E-state index in [9.17, 15) is 18.0 Å². The van der Waals surface area contributed by atoms with Crippen LogP contribution in [0, 0.1) is 0 Å². The number of aromatic nitrogens is 2. The van der Waals surface area contributed by atoms with Gasteiger partial charge in [0.2, 0.25) is 0 Å². The van der Waals surface area contributed by atoms with Gasteiger partial charge < -0.3 is 10.3 Å². The lowest BCUT2D eigenvalue weighted by Gasteiger charge is -2.08. The van der Waals surface area contributed by atoms with Gasteiger partial charge in [-0.1, -0.05) is 6.07 Å². The van der Waals surface area contributed by atoms with Gasteiger partial charge in [0, 0.05) is 28.9 Å². The Morgan fingerprint density at radius 1 is 1.14 bits per heavy atom. The summed E-state index contributed by atoms with van der Waals surface area (Å²) in [4.78, 5) is 18.8. The number of nitrogens with one attached hydrogen (secondary N) is 2. The Morgan fingerprint density at radius 3 is 2.64 bits per heavy atom. The number of rotatable bonds is 2. The fourth-order valence-corrected chi connectivity index (χ4v) is 2.10. The van der Waals surface area contributed by atoms with Crippen LogP contribution in [0.25, 0.3) is 10.9 Å². The fourth-order valence-electron chi connectivity index (χ4n) is 2.10. The summed E-state index contributed by atoms with van der Waals surface area (Å²) in [5, 5.41) is 3.22. The Hall–Kier alpha value is -2.83. The van der Waals surface area contributed by atoms with Crippen LogP contribution in [0.4, 0.5) is 19.0 Å². The lowest BCUT2D eigenvalue weighted by Crippen LogP contribution is -2.14. The van der Waals surface area contributed by atoms with Crippen LogP contribution < -0.4 is 5.32 Å². The molecular formula is C15H10F3N3O. The van der Waals surface area contributed by atoms with E-state index in [0.717, 1.165) is 23.0 Å². The highest BCUT2D eigenvalue weighted by Gasteiger charge is 2.30. The van der Waals surface area contributed by atoms with E-state index in [4.69, 9.17) is 0 Å². The molecule has 22 heavy (non-hydrogen) atoms. The largest absolute Gasteiger partial charge is 0.417 e. The number of aromatic amines is 1.